The van der Waals surface area contributed by atoms with E-state index in [1.807, 2.05) is 67.6 Å². The van der Waals surface area contributed by atoms with Crippen molar-refractivity contribution in [2.24, 2.45) is 0 Å². The minimum Gasteiger partial charge on any atom is -0.484 e. The van der Waals surface area contributed by atoms with Crippen molar-refractivity contribution in [3.8, 4) is 28.4 Å². The molecular formula is C27H21N3O4S. The van der Waals surface area contributed by atoms with Gasteiger partial charge in [0.15, 0.2) is 6.61 Å². The van der Waals surface area contributed by atoms with E-state index in [-0.39, 0.29) is 12.2 Å². The molecule has 3 aromatic carbocycles. The molecule has 0 radical (unpaired) electrons. The van der Waals surface area contributed by atoms with E-state index in [9.17, 15) is 9.59 Å². The zero-order valence-corrected chi connectivity index (χ0v) is 19.6. The Labute approximate surface area is 205 Å². The Balaban J connectivity index is 1.27. The van der Waals surface area contributed by atoms with Gasteiger partial charge in [0.2, 0.25) is 0 Å². The monoisotopic (exact) mass is 483 g/mol. The van der Waals surface area contributed by atoms with Gasteiger partial charge in [-0.2, -0.15) is 0 Å². The van der Waals surface area contributed by atoms with Crippen LogP contribution in [0.4, 0.5) is 0 Å². The zero-order chi connectivity index (χ0) is 24.2. The standard InChI is InChI=1S/C27H21N3O4S/c1-18-24(19-8-4-2-5-9-19)25-26(35-18)28-17-30(27(25)32)29-23(31)16-33-20-12-14-22(15-13-20)34-21-10-6-3-7-11-21/h2-15,17H,16H2,1H3,(H,29,31). The number of carbonyl (C=O) groups is 1. The van der Waals surface area contributed by atoms with Gasteiger partial charge < -0.3 is 9.47 Å². The molecule has 1 amide bonds. The maximum Gasteiger partial charge on any atom is 0.281 e. The summed E-state index contributed by atoms with van der Waals surface area (Å²) >= 11 is 1.45. The van der Waals surface area contributed by atoms with Gasteiger partial charge in [0, 0.05) is 10.4 Å². The number of aromatic nitrogens is 2. The summed E-state index contributed by atoms with van der Waals surface area (Å²) in [5.74, 6) is 1.40. The van der Waals surface area contributed by atoms with Crippen molar-refractivity contribution in [3.63, 3.8) is 0 Å². The molecule has 2 heterocycles. The molecule has 7 nitrogen and oxygen atoms in total. The van der Waals surface area contributed by atoms with Gasteiger partial charge in [0.25, 0.3) is 11.5 Å². The lowest BCUT2D eigenvalue weighted by atomic mass is 10.0. The van der Waals surface area contributed by atoms with Gasteiger partial charge in [-0.1, -0.05) is 48.5 Å². The minimum absolute atomic E-state index is 0.266. The molecule has 0 saturated carbocycles. The predicted molar refractivity (Wildman–Crippen MR) is 137 cm³/mol. The van der Waals surface area contributed by atoms with Crippen LogP contribution in [0.5, 0.6) is 17.2 Å². The summed E-state index contributed by atoms with van der Waals surface area (Å²) in [4.78, 5) is 31.7. The normalized spacial score (nSPS) is 10.8. The minimum atomic E-state index is -0.480. The number of thiophene rings is 1. The van der Waals surface area contributed by atoms with Crippen molar-refractivity contribution in [3.05, 3.63) is 106 Å². The average molecular weight is 484 g/mol. The van der Waals surface area contributed by atoms with Gasteiger partial charge in [0.1, 0.15) is 28.4 Å². The Hall–Kier alpha value is -4.43. The van der Waals surface area contributed by atoms with E-state index in [1.54, 1.807) is 24.3 Å². The predicted octanol–water partition coefficient (Wildman–Crippen LogP) is 5.37. The summed E-state index contributed by atoms with van der Waals surface area (Å²) in [6, 6.07) is 26.1. The van der Waals surface area contributed by atoms with E-state index in [0.717, 1.165) is 26.4 Å². The first-order valence-corrected chi connectivity index (χ1v) is 11.7. The SMILES string of the molecule is Cc1sc2ncn(NC(=O)COc3ccc(Oc4ccccc4)cc3)c(=O)c2c1-c1ccccc1. The number of nitrogens with zero attached hydrogens (tertiary/aromatic N) is 2. The number of ether oxygens (including phenoxy) is 2. The van der Waals surface area contributed by atoms with Crippen molar-refractivity contribution < 1.29 is 14.3 Å². The number of benzene rings is 3. The van der Waals surface area contributed by atoms with Crippen LogP contribution in [0.3, 0.4) is 0 Å². The summed E-state index contributed by atoms with van der Waals surface area (Å²) in [6.45, 7) is 1.69. The maximum absolute atomic E-state index is 13.2. The highest BCUT2D eigenvalue weighted by Crippen LogP contribution is 2.35. The van der Waals surface area contributed by atoms with Gasteiger partial charge in [0.05, 0.1) is 5.39 Å². The molecule has 0 saturated heterocycles. The number of nitrogens with one attached hydrogen (secondary N) is 1. The summed E-state index contributed by atoms with van der Waals surface area (Å²) in [6.07, 6.45) is 1.32. The molecule has 1 N–H and O–H groups in total. The maximum atomic E-state index is 13.2. The van der Waals surface area contributed by atoms with Crippen LogP contribution in [0.25, 0.3) is 21.3 Å². The molecule has 0 fully saturated rings. The van der Waals surface area contributed by atoms with Crippen LogP contribution in [0, 0.1) is 6.92 Å². The van der Waals surface area contributed by atoms with Crippen molar-refractivity contribution in [1.29, 1.82) is 0 Å². The highest BCUT2D eigenvalue weighted by atomic mass is 32.1. The molecular weight excluding hydrogens is 462 g/mol. The van der Waals surface area contributed by atoms with Gasteiger partial charge in [-0.15, -0.1) is 11.3 Å². The summed E-state index contributed by atoms with van der Waals surface area (Å²) in [7, 11) is 0. The second kappa shape index (κ2) is 9.82. The smallest absolute Gasteiger partial charge is 0.281 e. The molecule has 0 bridgehead atoms. The zero-order valence-electron chi connectivity index (χ0n) is 18.8. The van der Waals surface area contributed by atoms with Crippen molar-refractivity contribution in [1.82, 2.24) is 9.66 Å². The highest BCUT2D eigenvalue weighted by Gasteiger charge is 2.17. The third kappa shape index (κ3) is 4.92. The third-order valence-corrected chi connectivity index (χ3v) is 6.28. The molecule has 8 heteroatoms. The van der Waals surface area contributed by atoms with Gasteiger partial charge >= 0.3 is 0 Å². The lowest BCUT2D eigenvalue weighted by Crippen LogP contribution is -2.35. The first-order chi connectivity index (χ1) is 17.1. The average Bonchev–Trinajstić information content (AvgIpc) is 3.23. The van der Waals surface area contributed by atoms with E-state index in [4.69, 9.17) is 9.47 Å². The van der Waals surface area contributed by atoms with Crippen LogP contribution in [-0.2, 0) is 4.79 Å². The Morgan fingerprint density at radius 2 is 1.54 bits per heavy atom. The van der Waals surface area contributed by atoms with Crippen molar-refractivity contribution in [2.45, 2.75) is 6.92 Å². The van der Waals surface area contributed by atoms with E-state index in [0.29, 0.717) is 21.7 Å². The Morgan fingerprint density at radius 1 is 0.914 bits per heavy atom. The van der Waals surface area contributed by atoms with Gasteiger partial charge in [-0.25, -0.2) is 9.66 Å². The van der Waals surface area contributed by atoms with Crippen LogP contribution < -0.4 is 20.5 Å². The van der Waals surface area contributed by atoms with Crippen LogP contribution in [0.15, 0.2) is 96.1 Å². The second-order valence-electron chi connectivity index (χ2n) is 7.71. The topological polar surface area (TPSA) is 82.5 Å². The summed E-state index contributed by atoms with van der Waals surface area (Å²) in [5.41, 5.74) is 3.99. The first kappa shape index (κ1) is 22.4. The Bertz CT molecular complexity index is 1530. The number of carbonyl (C=O) groups excluding carboxylic acids is 1. The quantitative estimate of drug-likeness (QED) is 0.336. The van der Waals surface area contributed by atoms with E-state index < -0.39 is 5.91 Å². The molecule has 0 unspecified atom stereocenters. The molecule has 35 heavy (non-hydrogen) atoms. The molecule has 2 aromatic heterocycles. The lowest BCUT2D eigenvalue weighted by Gasteiger charge is -2.10. The number of fused-ring (bicyclic) bond motifs is 1. The van der Waals surface area contributed by atoms with Crippen molar-refractivity contribution in [2.75, 3.05) is 12.0 Å². The number of hydrogen-bond acceptors (Lipinski definition) is 6. The van der Waals surface area contributed by atoms with Crippen LogP contribution in [0.2, 0.25) is 0 Å². The fourth-order valence-corrected chi connectivity index (χ4v) is 4.68. The summed E-state index contributed by atoms with van der Waals surface area (Å²) in [5, 5.41) is 0.483. The number of aryl methyl sites for hydroxylation is 1. The number of hydrogen-bond donors (Lipinski definition) is 1. The van der Waals surface area contributed by atoms with Crippen LogP contribution in [0.1, 0.15) is 4.88 Å². The Morgan fingerprint density at radius 3 is 2.26 bits per heavy atom. The van der Waals surface area contributed by atoms with Gasteiger partial charge in [-0.3, -0.25) is 15.0 Å². The molecule has 0 aliphatic rings. The van der Waals surface area contributed by atoms with E-state index >= 15 is 0 Å². The molecule has 0 aliphatic heterocycles. The number of para-hydroxylation sites is 1. The van der Waals surface area contributed by atoms with Crippen LogP contribution >= 0.6 is 11.3 Å². The third-order valence-electron chi connectivity index (χ3n) is 5.27. The number of amides is 1. The molecule has 174 valence electrons. The largest absolute Gasteiger partial charge is 0.484 e. The highest BCUT2D eigenvalue weighted by molar-refractivity contribution is 7.19. The number of rotatable bonds is 7. The van der Waals surface area contributed by atoms with Gasteiger partial charge in [-0.05, 0) is 48.9 Å². The molecule has 0 spiro atoms. The molecule has 0 aliphatic carbocycles. The molecule has 0 atom stereocenters. The molecule has 5 rings (SSSR count). The Kier molecular flexibility index (Phi) is 6.28. The van der Waals surface area contributed by atoms with E-state index in [2.05, 4.69) is 10.4 Å². The fraction of sp³-hybridized carbons (Fsp3) is 0.0741. The summed E-state index contributed by atoms with van der Waals surface area (Å²) < 4.78 is 12.4. The van der Waals surface area contributed by atoms with Crippen molar-refractivity contribution >= 4 is 27.5 Å². The van der Waals surface area contributed by atoms with E-state index in [1.165, 1.54) is 17.7 Å². The first-order valence-electron chi connectivity index (χ1n) is 10.9. The van der Waals surface area contributed by atoms with Crippen LogP contribution in [-0.4, -0.2) is 22.2 Å². The lowest BCUT2D eigenvalue weighted by molar-refractivity contribution is -0.119. The second-order valence-corrected chi connectivity index (χ2v) is 8.91. The fourth-order valence-electron chi connectivity index (χ4n) is 3.68. The molecule has 5 aromatic rings.